The van der Waals surface area contributed by atoms with Gasteiger partial charge in [0, 0.05) is 11.4 Å². The summed E-state index contributed by atoms with van der Waals surface area (Å²) in [7, 11) is 0. The van der Waals surface area contributed by atoms with E-state index in [2.05, 4.69) is 0 Å². The van der Waals surface area contributed by atoms with Gasteiger partial charge in [0.15, 0.2) is 0 Å². The third-order valence-electron chi connectivity index (χ3n) is 10.6. The summed E-state index contributed by atoms with van der Waals surface area (Å²) in [6.07, 6.45) is 0. The molecule has 8 rings (SSSR count). The monoisotopic (exact) mass is 682 g/mol. The quantitative estimate of drug-likeness (QED) is 0.138. The van der Waals surface area contributed by atoms with Crippen LogP contribution in [-0.4, -0.2) is 23.6 Å². The summed E-state index contributed by atoms with van der Waals surface area (Å²) >= 11 is 0. The van der Waals surface area contributed by atoms with Gasteiger partial charge in [0.1, 0.15) is 0 Å². The van der Waals surface area contributed by atoms with Crippen molar-refractivity contribution in [1.29, 1.82) is 0 Å². The number of nitrogens with two attached hydrogens (primary N) is 2. The molecule has 6 aromatic rings. The van der Waals surface area contributed by atoms with Gasteiger partial charge in [0.2, 0.25) is 0 Å². The van der Waals surface area contributed by atoms with E-state index in [0.717, 1.165) is 55.6 Å². The molecule has 0 spiro atoms. The predicted molar refractivity (Wildman–Crippen MR) is 206 cm³/mol. The number of fused-ring (bicyclic) bond motifs is 2. The molecule has 0 saturated heterocycles. The second-order valence-electron chi connectivity index (χ2n) is 13.4. The van der Waals surface area contributed by atoms with Crippen LogP contribution in [0.1, 0.15) is 63.7 Å². The molecular formula is C44H34N4O4. The predicted octanol–water partition coefficient (Wildman–Crippen LogP) is 8.69. The SMILES string of the molecule is Cc1c(-c2ccc(N3C(=O)c4ccc(-c5ccc(N)cc5)cc4C3=O)c(C)c2C)ccc(N2C(=O)c3ccc(-c4ccc(N)cc4)cc3C2=O)c1C. The number of carbonyl (C=O) groups excluding carboxylic acids is 4. The summed E-state index contributed by atoms with van der Waals surface area (Å²) < 4.78 is 0. The second kappa shape index (κ2) is 11.9. The van der Waals surface area contributed by atoms with E-state index in [4.69, 9.17) is 11.5 Å². The van der Waals surface area contributed by atoms with Crippen molar-refractivity contribution in [3.05, 3.63) is 154 Å². The number of hydrogen-bond donors (Lipinski definition) is 2. The zero-order valence-electron chi connectivity index (χ0n) is 29.1. The first kappa shape index (κ1) is 32.4. The molecule has 0 unspecified atom stereocenters. The summed E-state index contributed by atoms with van der Waals surface area (Å²) in [4.78, 5) is 57.4. The van der Waals surface area contributed by atoms with E-state index < -0.39 is 0 Å². The number of benzene rings is 6. The average molecular weight is 683 g/mol. The van der Waals surface area contributed by atoms with Crippen LogP contribution in [0.2, 0.25) is 0 Å². The molecule has 0 saturated carbocycles. The zero-order chi connectivity index (χ0) is 36.6. The van der Waals surface area contributed by atoms with E-state index in [9.17, 15) is 19.2 Å². The van der Waals surface area contributed by atoms with Crippen LogP contribution in [0, 0.1) is 27.7 Å². The van der Waals surface area contributed by atoms with Crippen LogP contribution in [-0.2, 0) is 0 Å². The Balaban J connectivity index is 1.10. The highest BCUT2D eigenvalue weighted by atomic mass is 16.2. The fourth-order valence-electron chi connectivity index (χ4n) is 7.31. The average Bonchev–Trinajstić information content (AvgIpc) is 3.54. The molecule has 0 bridgehead atoms. The van der Waals surface area contributed by atoms with Gasteiger partial charge in [-0.3, -0.25) is 19.2 Å². The van der Waals surface area contributed by atoms with Crippen molar-refractivity contribution < 1.29 is 19.2 Å². The first-order valence-corrected chi connectivity index (χ1v) is 16.9. The maximum atomic E-state index is 13.8. The molecule has 0 radical (unpaired) electrons. The molecule has 0 fully saturated rings. The number of nitrogens with zero attached hydrogens (tertiary/aromatic N) is 2. The Bertz CT molecular complexity index is 2370. The third kappa shape index (κ3) is 4.91. The molecule has 4 amide bonds. The van der Waals surface area contributed by atoms with Crippen LogP contribution in [0.4, 0.5) is 22.7 Å². The summed E-state index contributed by atoms with van der Waals surface area (Å²) in [5, 5.41) is 0. The highest BCUT2D eigenvalue weighted by Crippen LogP contribution is 2.41. The molecule has 6 aromatic carbocycles. The van der Waals surface area contributed by atoms with Crippen molar-refractivity contribution in [3.63, 3.8) is 0 Å². The van der Waals surface area contributed by atoms with Crippen molar-refractivity contribution >= 4 is 46.4 Å². The van der Waals surface area contributed by atoms with E-state index >= 15 is 0 Å². The van der Waals surface area contributed by atoms with Gasteiger partial charge in [-0.1, -0.05) is 48.5 Å². The number of anilines is 4. The number of amides is 4. The molecule has 2 aliphatic rings. The molecule has 0 aromatic heterocycles. The third-order valence-corrected chi connectivity index (χ3v) is 10.6. The summed E-state index contributed by atoms with van der Waals surface area (Å²) in [6, 6.07) is 32.8. The maximum Gasteiger partial charge on any atom is 0.266 e. The van der Waals surface area contributed by atoms with Crippen LogP contribution in [0.25, 0.3) is 33.4 Å². The lowest BCUT2D eigenvalue weighted by atomic mass is 9.90. The lowest BCUT2D eigenvalue weighted by Gasteiger charge is -2.23. The number of imide groups is 2. The molecule has 0 aliphatic carbocycles. The van der Waals surface area contributed by atoms with Crippen LogP contribution >= 0.6 is 0 Å². The Morgan fingerprint density at radius 2 is 0.654 bits per heavy atom. The first-order chi connectivity index (χ1) is 24.9. The highest BCUT2D eigenvalue weighted by Gasteiger charge is 2.39. The molecule has 8 heteroatoms. The van der Waals surface area contributed by atoms with Crippen molar-refractivity contribution in [2.75, 3.05) is 21.3 Å². The Morgan fingerprint density at radius 3 is 1.02 bits per heavy atom. The number of carbonyl (C=O) groups is 4. The van der Waals surface area contributed by atoms with Gasteiger partial charge >= 0.3 is 0 Å². The minimum Gasteiger partial charge on any atom is -0.399 e. The summed E-state index contributed by atoms with van der Waals surface area (Å²) in [5.74, 6) is -1.47. The number of rotatable bonds is 5. The van der Waals surface area contributed by atoms with E-state index in [0.29, 0.717) is 45.0 Å². The molecule has 254 valence electrons. The smallest absolute Gasteiger partial charge is 0.266 e. The standard InChI is InChI=1S/C44H34N4O4/c1-23-25(3)39(47-41(49)35-15-9-29(21-37(35)43(47)51)27-5-11-31(45)12-6-27)19-17-33(23)34-18-20-40(26(4)24(34)2)48-42(50)36-16-10-30(22-38(36)44(48)52)28-7-13-32(46)14-8-28/h5-22H,45-46H2,1-4H3. The Morgan fingerprint density at radius 1 is 0.346 bits per heavy atom. The van der Waals surface area contributed by atoms with E-state index in [-0.39, 0.29) is 23.6 Å². The highest BCUT2D eigenvalue weighted by molar-refractivity contribution is 6.36. The van der Waals surface area contributed by atoms with Crippen molar-refractivity contribution in [1.82, 2.24) is 0 Å². The van der Waals surface area contributed by atoms with Crippen LogP contribution in [0.5, 0.6) is 0 Å². The molecule has 0 atom stereocenters. The topological polar surface area (TPSA) is 127 Å². The maximum absolute atomic E-state index is 13.8. The van der Waals surface area contributed by atoms with E-state index in [1.807, 2.05) is 88.4 Å². The molecule has 2 heterocycles. The van der Waals surface area contributed by atoms with Gasteiger partial charge in [-0.25, -0.2) is 9.80 Å². The minimum atomic E-state index is -0.370. The molecular weight excluding hydrogens is 649 g/mol. The fourth-order valence-corrected chi connectivity index (χ4v) is 7.31. The normalized spacial score (nSPS) is 13.6. The summed E-state index contributed by atoms with van der Waals surface area (Å²) in [5.41, 5.74) is 24.2. The molecule has 8 nitrogen and oxygen atoms in total. The van der Waals surface area contributed by atoms with Crippen LogP contribution in [0.3, 0.4) is 0 Å². The van der Waals surface area contributed by atoms with Gasteiger partial charge < -0.3 is 11.5 Å². The number of nitrogen functional groups attached to an aromatic ring is 2. The number of hydrogen-bond acceptors (Lipinski definition) is 6. The zero-order valence-corrected chi connectivity index (χ0v) is 29.1. The lowest BCUT2D eigenvalue weighted by Crippen LogP contribution is -2.30. The summed E-state index contributed by atoms with van der Waals surface area (Å²) in [6.45, 7) is 7.76. The second-order valence-corrected chi connectivity index (χ2v) is 13.4. The molecule has 2 aliphatic heterocycles. The van der Waals surface area contributed by atoms with Gasteiger partial charge in [0.25, 0.3) is 23.6 Å². The van der Waals surface area contributed by atoms with Gasteiger partial charge in [-0.2, -0.15) is 0 Å². The Kier molecular flexibility index (Phi) is 7.43. The van der Waals surface area contributed by atoms with E-state index in [1.54, 1.807) is 48.5 Å². The van der Waals surface area contributed by atoms with Crippen molar-refractivity contribution in [3.8, 4) is 33.4 Å². The fraction of sp³-hybridized carbons (Fsp3) is 0.0909. The van der Waals surface area contributed by atoms with Crippen LogP contribution < -0.4 is 21.3 Å². The van der Waals surface area contributed by atoms with Gasteiger partial charge in [-0.05, 0) is 144 Å². The Hall–Kier alpha value is -6.80. The minimum absolute atomic E-state index is 0.358. The largest absolute Gasteiger partial charge is 0.399 e. The molecule has 4 N–H and O–H groups in total. The van der Waals surface area contributed by atoms with Gasteiger partial charge in [-0.15, -0.1) is 0 Å². The lowest BCUT2D eigenvalue weighted by molar-refractivity contribution is 0.0910. The Labute approximate surface area is 300 Å². The van der Waals surface area contributed by atoms with Gasteiger partial charge in [0.05, 0.1) is 33.6 Å². The van der Waals surface area contributed by atoms with Crippen molar-refractivity contribution in [2.45, 2.75) is 27.7 Å². The van der Waals surface area contributed by atoms with Crippen LogP contribution in [0.15, 0.2) is 109 Å². The van der Waals surface area contributed by atoms with E-state index in [1.165, 1.54) is 9.80 Å². The molecule has 52 heavy (non-hydrogen) atoms. The first-order valence-electron chi connectivity index (χ1n) is 16.9. The van der Waals surface area contributed by atoms with Crippen molar-refractivity contribution in [2.24, 2.45) is 0 Å².